The summed E-state index contributed by atoms with van der Waals surface area (Å²) >= 11 is 3.11. The Morgan fingerprint density at radius 3 is 2.93 bits per heavy atom. The summed E-state index contributed by atoms with van der Waals surface area (Å²) in [5, 5.41) is 6.76. The Balaban J connectivity index is 1.34. The number of hydrogen-bond acceptors (Lipinski definition) is 6. The van der Waals surface area contributed by atoms with E-state index in [-0.39, 0.29) is 25.0 Å². The zero-order valence-corrected chi connectivity index (χ0v) is 16.4. The molecule has 7 heteroatoms. The number of amides is 1. The van der Waals surface area contributed by atoms with Crippen LogP contribution in [0, 0.1) is 0 Å². The summed E-state index contributed by atoms with van der Waals surface area (Å²) in [6.07, 6.45) is 0.889. The van der Waals surface area contributed by atoms with Crippen LogP contribution in [0.1, 0.15) is 18.2 Å². The first-order chi connectivity index (χ1) is 13.1. The number of nitrogens with zero attached hydrogens (tertiary/aromatic N) is 2. The summed E-state index contributed by atoms with van der Waals surface area (Å²) in [4.78, 5) is 30.9. The van der Waals surface area contributed by atoms with E-state index in [2.05, 4.69) is 4.98 Å². The number of fused-ring (bicyclic) bond motifs is 1. The standard InChI is InChI=1S/C20H18N2O3S2/c1-13-8-14-4-2-3-5-17(14)22(13)18(23)10-25-19(24)9-16-12-27-20(21-16)15-6-7-26-11-15/h2-7,11-13H,8-10H2,1H3/t13-/m0/s1. The van der Waals surface area contributed by atoms with Crippen molar-refractivity contribution >= 4 is 40.2 Å². The third kappa shape index (κ3) is 3.79. The molecule has 1 atom stereocenters. The van der Waals surface area contributed by atoms with Crippen molar-refractivity contribution in [2.75, 3.05) is 11.5 Å². The van der Waals surface area contributed by atoms with Crippen molar-refractivity contribution in [3.8, 4) is 10.6 Å². The highest BCUT2D eigenvalue weighted by atomic mass is 32.1. The van der Waals surface area contributed by atoms with Gasteiger partial charge < -0.3 is 9.64 Å². The van der Waals surface area contributed by atoms with Crippen LogP contribution in [0.25, 0.3) is 10.6 Å². The smallest absolute Gasteiger partial charge is 0.312 e. The van der Waals surface area contributed by atoms with Gasteiger partial charge in [-0.3, -0.25) is 9.59 Å². The second-order valence-corrected chi connectivity index (χ2v) is 8.08. The number of hydrogen-bond donors (Lipinski definition) is 0. The fourth-order valence-electron chi connectivity index (χ4n) is 3.26. The molecule has 0 saturated carbocycles. The average molecular weight is 399 g/mol. The minimum Gasteiger partial charge on any atom is -0.455 e. The highest BCUT2D eigenvalue weighted by molar-refractivity contribution is 7.14. The van der Waals surface area contributed by atoms with Crippen molar-refractivity contribution in [2.45, 2.75) is 25.8 Å². The van der Waals surface area contributed by atoms with Crippen molar-refractivity contribution in [3.05, 3.63) is 57.7 Å². The molecule has 0 bridgehead atoms. The summed E-state index contributed by atoms with van der Waals surface area (Å²) in [5.41, 5.74) is 3.78. The van der Waals surface area contributed by atoms with E-state index in [0.29, 0.717) is 5.69 Å². The van der Waals surface area contributed by atoms with Crippen LogP contribution >= 0.6 is 22.7 Å². The minimum atomic E-state index is -0.439. The normalized spacial score (nSPS) is 15.6. The summed E-state index contributed by atoms with van der Waals surface area (Å²) in [6, 6.07) is 9.91. The lowest BCUT2D eigenvalue weighted by molar-refractivity contribution is -0.147. The fraction of sp³-hybridized carbons (Fsp3) is 0.250. The van der Waals surface area contributed by atoms with E-state index >= 15 is 0 Å². The molecular weight excluding hydrogens is 380 g/mol. The van der Waals surface area contributed by atoms with Gasteiger partial charge in [0, 0.05) is 28.1 Å². The average Bonchev–Trinajstić information content (AvgIpc) is 3.38. The molecule has 0 spiro atoms. The van der Waals surface area contributed by atoms with Gasteiger partial charge in [0.05, 0.1) is 12.1 Å². The summed E-state index contributed by atoms with van der Waals surface area (Å²) in [7, 11) is 0. The molecule has 1 aliphatic heterocycles. The highest BCUT2D eigenvalue weighted by Crippen LogP contribution is 2.31. The number of esters is 1. The number of ether oxygens (including phenoxy) is 1. The van der Waals surface area contributed by atoms with E-state index in [0.717, 1.165) is 28.2 Å². The van der Waals surface area contributed by atoms with E-state index in [4.69, 9.17) is 4.74 Å². The van der Waals surface area contributed by atoms with Crippen LogP contribution in [0.3, 0.4) is 0 Å². The molecule has 0 saturated heterocycles. The number of rotatable bonds is 5. The number of para-hydroxylation sites is 1. The second-order valence-electron chi connectivity index (χ2n) is 6.44. The number of aromatic nitrogens is 1. The van der Waals surface area contributed by atoms with Crippen molar-refractivity contribution in [1.29, 1.82) is 0 Å². The largest absolute Gasteiger partial charge is 0.455 e. The maximum Gasteiger partial charge on any atom is 0.312 e. The van der Waals surface area contributed by atoms with Gasteiger partial charge in [-0.2, -0.15) is 11.3 Å². The quantitative estimate of drug-likeness (QED) is 0.611. The van der Waals surface area contributed by atoms with Gasteiger partial charge in [0.25, 0.3) is 5.91 Å². The first kappa shape index (κ1) is 17.9. The van der Waals surface area contributed by atoms with Gasteiger partial charge in [-0.25, -0.2) is 4.98 Å². The summed E-state index contributed by atoms with van der Waals surface area (Å²) in [6.45, 7) is 1.75. The Bertz CT molecular complexity index is 965. The van der Waals surface area contributed by atoms with Crippen LogP contribution in [0.15, 0.2) is 46.5 Å². The Morgan fingerprint density at radius 1 is 1.26 bits per heavy atom. The summed E-state index contributed by atoms with van der Waals surface area (Å²) in [5.74, 6) is -0.635. The number of anilines is 1. The molecule has 0 unspecified atom stereocenters. The molecule has 4 rings (SSSR count). The monoisotopic (exact) mass is 398 g/mol. The molecule has 0 aliphatic carbocycles. The molecule has 3 heterocycles. The molecule has 1 aliphatic rings. The Hall–Kier alpha value is -2.51. The number of carbonyl (C=O) groups is 2. The third-order valence-corrected chi connectivity index (χ3v) is 6.10. The van der Waals surface area contributed by atoms with Crippen LogP contribution in [0.2, 0.25) is 0 Å². The van der Waals surface area contributed by atoms with Gasteiger partial charge in [0.15, 0.2) is 6.61 Å². The first-order valence-corrected chi connectivity index (χ1v) is 10.5. The molecule has 138 valence electrons. The molecular formula is C20H18N2O3S2. The lowest BCUT2D eigenvalue weighted by atomic mass is 10.1. The van der Waals surface area contributed by atoms with Gasteiger partial charge in [-0.1, -0.05) is 18.2 Å². The number of carbonyl (C=O) groups excluding carboxylic acids is 2. The summed E-state index contributed by atoms with van der Waals surface area (Å²) < 4.78 is 5.22. The lowest BCUT2D eigenvalue weighted by Gasteiger charge is -2.22. The molecule has 0 radical (unpaired) electrons. The lowest BCUT2D eigenvalue weighted by Crippen LogP contribution is -2.38. The Labute approximate surface area is 165 Å². The van der Waals surface area contributed by atoms with Crippen LogP contribution < -0.4 is 4.90 Å². The fourth-order valence-corrected chi connectivity index (χ4v) is 4.80. The zero-order chi connectivity index (χ0) is 18.8. The zero-order valence-electron chi connectivity index (χ0n) is 14.8. The second kappa shape index (κ2) is 7.62. The van der Waals surface area contributed by atoms with Gasteiger partial charge >= 0.3 is 5.97 Å². The van der Waals surface area contributed by atoms with Gasteiger partial charge in [0.1, 0.15) is 5.01 Å². The Morgan fingerprint density at radius 2 is 2.11 bits per heavy atom. The maximum absolute atomic E-state index is 12.6. The van der Waals surface area contributed by atoms with Crippen molar-refractivity contribution in [2.24, 2.45) is 0 Å². The van der Waals surface area contributed by atoms with Crippen LogP contribution in [0.5, 0.6) is 0 Å². The third-order valence-electron chi connectivity index (χ3n) is 4.48. The van der Waals surface area contributed by atoms with Crippen LogP contribution in [-0.2, 0) is 27.2 Å². The van der Waals surface area contributed by atoms with Crippen LogP contribution in [-0.4, -0.2) is 29.5 Å². The number of thiophene rings is 1. The maximum atomic E-state index is 12.6. The number of benzene rings is 1. The predicted octanol–water partition coefficient (Wildman–Crippen LogP) is 3.94. The minimum absolute atomic E-state index is 0.0695. The van der Waals surface area contributed by atoms with Crippen LogP contribution in [0.4, 0.5) is 5.69 Å². The molecule has 27 heavy (non-hydrogen) atoms. The van der Waals surface area contributed by atoms with Gasteiger partial charge in [0.2, 0.25) is 0 Å². The number of thiazole rings is 1. The van der Waals surface area contributed by atoms with Gasteiger partial charge in [-0.05, 0) is 36.4 Å². The molecule has 3 aromatic rings. The molecule has 0 N–H and O–H groups in total. The SMILES string of the molecule is C[C@H]1Cc2ccccc2N1C(=O)COC(=O)Cc1csc(-c2ccsc2)n1. The van der Waals surface area contributed by atoms with Gasteiger partial charge in [-0.15, -0.1) is 11.3 Å². The van der Waals surface area contributed by atoms with Crippen molar-refractivity contribution in [3.63, 3.8) is 0 Å². The van der Waals surface area contributed by atoms with E-state index in [1.807, 2.05) is 53.4 Å². The topological polar surface area (TPSA) is 59.5 Å². The molecule has 1 amide bonds. The molecule has 5 nitrogen and oxygen atoms in total. The molecule has 1 aromatic carbocycles. The van der Waals surface area contributed by atoms with Crippen molar-refractivity contribution in [1.82, 2.24) is 4.98 Å². The Kier molecular flexibility index (Phi) is 5.05. The molecule has 0 fully saturated rings. The molecule has 2 aromatic heterocycles. The van der Waals surface area contributed by atoms with E-state index < -0.39 is 5.97 Å². The van der Waals surface area contributed by atoms with E-state index in [1.165, 1.54) is 11.3 Å². The van der Waals surface area contributed by atoms with E-state index in [1.54, 1.807) is 16.2 Å². The first-order valence-electron chi connectivity index (χ1n) is 8.64. The predicted molar refractivity (Wildman–Crippen MR) is 107 cm³/mol. The van der Waals surface area contributed by atoms with Crippen molar-refractivity contribution < 1.29 is 14.3 Å². The van der Waals surface area contributed by atoms with E-state index in [9.17, 15) is 9.59 Å². The highest BCUT2D eigenvalue weighted by Gasteiger charge is 2.30.